The molecule has 0 saturated carbocycles. The maximum absolute atomic E-state index is 13.0. The van der Waals surface area contributed by atoms with Gasteiger partial charge in [-0.3, -0.25) is 4.79 Å². The Morgan fingerprint density at radius 1 is 1.19 bits per heavy atom. The number of sulfone groups is 1. The molecule has 0 spiro atoms. The van der Waals surface area contributed by atoms with Crippen LogP contribution in [0.1, 0.15) is 18.9 Å². The number of carbonyl (C=O) groups is 1. The van der Waals surface area contributed by atoms with Crippen molar-refractivity contribution in [3.63, 3.8) is 0 Å². The summed E-state index contributed by atoms with van der Waals surface area (Å²) in [4.78, 5) is 19.4. The van der Waals surface area contributed by atoms with Gasteiger partial charge in [0, 0.05) is 19.6 Å². The smallest absolute Gasteiger partial charge is 0.235 e. The second kappa shape index (κ2) is 9.04. The van der Waals surface area contributed by atoms with Gasteiger partial charge in [0.2, 0.25) is 5.91 Å². The first kappa shape index (κ1) is 21.9. The van der Waals surface area contributed by atoms with Crippen molar-refractivity contribution in [2.45, 2.75) is 42.8 Å². The van der Waals surface area contributed by atoms with E-state index in [1.165, 1.54) is 17.3 Å². The molecule has 0 N–H and O–H groups in total. The summed E-state index contributed by atoms with van der Waals surface area (Å²) in [5.41, 5.74) is 3.21. The van der Waals surface area contributed by atoms with Gasteiger partial charge in [0.05, 0.1) is 27.8 Å². The highest BCUT2D eigenvalue weighted by Crippen LogP contribution is 2.29. The largest absolute Gasteiger partial charge is 0.341 e. The molecule has 4 rings (SSSR count). The third-order valence-corrected chi connectivity index (χ3v) is 8.65. The molecule has 31 heavy (non-hydrogen) atoms. The minimum Gasteiger partial charge on any atom is -0.341 e. The van der Waals surface area contributed by atoms with Gasteiger partial charge in [-0.05, 0) is 37.5 Å². The number of hydrogen-bond acceptors (Lipinski definition) is 5. The SMILES string of the molecule is CC(Sc1nc2ccccc2n1CCc1ccccc1)C(=O)N(C)C1CCS(=O)(=O)C1. The van der Waals surface area contributed by atoms with E-state index in [0.717, 1.165) is 29.2 Å². The maximum Gasteiger partial charge on any atom is 0.235 e. The highest BCUT2D eigenvalue weighted by molar-refractivity contribution is 8.00. The van der Waals surface area contributed by atoms with Crippen LogP contribution < -0.4 is 0 Å². The van der Waals surface area contributed by atoms with E-state index in [1.807, 2.05) is 43.3 Å². The molecule has 0 radical (unpaired) electrons. The molecule has 0 bridgehead atoms. The summed E-state index contributed by atoms with van der Waals surface area (Å²) in [5, 5.41) is 0.450. The number of nitrogens with zero attached hydrogens (tertiary/aromatic N) is 3. The molecule has 164 valence electrons. The van der Waals surface area contributed by atoms with Gasteiger partial charge >= 0.3 is 0 Å². The van der Waals surface area contributed by atoms with Crippen molar-refractivity contribution in [3.05, 3.63) is 60.2 Å². The van der Waals surface area contributed by atoms with Crippen LogP contribution in [0, 0.1) is 0 Å². The molecule has 1 aromatic heterocycles. The Balaban J connectivity index is 1.52. The van der Waals surface area contributed by atoms with Gasteiger partial charge in [-0.25, -0.2) is 13.4 Å². The van der Waals surface area contributed by atoms with Crippen LogP contribution in [0.2, 0.25) is 0 Å². The molecule has 2 unspecified atom stereocenters. The van der Waals surface area contributed by atoms with Crippen molar-refractivity contribution in [2.24, 2.45) is 0 Å². The van der Waals surface area contributed by atoms with Gasteiger partial charge in [0.25, 0.3) is 0 Å². The van der Waals surface area contributed by atoms with E-state index in [2.05, 4.69) is 22.8 Å². The van der Waals surface area contributed by atoms with Crippen molar-refractivity contribution in [1.82, 2.24) is 14.5 Å². The van der Waals surface area contributed by atoms with Crippen molar-refractivity contribution in [3.8, 4) is 0 Å². The topological polar surface area (TPSA) is 72.3 Å². The Morgan fingerprint density at radius 3 is 2.61 bits per heavy atom. The van der Waals surface area contributed by atoms with Crippen LogP contribution in [0.3, 0.4) is 0 Å². The highest BCUT2D eigenvalue weighted by atomic mass is 32.2. The lowest BCUT2D eigenvalue weighted by Crippen LogP contribution is -2.41. The summed E-state index contributed by atoms with van der Waals surface area (Å²) in [6.07, 6.45) is 1.38. The van der Waals surface area contributed by atoms with Crippen LogP contribution in [0.15, 0.2) is 59.8 Å². The molecule has 8 heteroatoms. The number of imidazole rings is 1. The maximum atomic E-state index is 13.0. The lowest BCUT2D eigenvalue weighted by molar-refractivity contribution is -0.130. The number of amides is 1. The predicted octanol–water partition coefficient (Wildman–Crippen LogP) is 3.41. The van der Waals surface area contributed by atoms with Gasteiger partial charge in [-0.1, -0.05) is 54.2 Å². The van der Waals surface area contributed by atoms with Gasteiger partial charge < -0.3 is 9.47 Å². The molecule has 0 aliphatic carbocycles. The molecular weight excluding hydrogens is 430 g/mol. The predicted molar refractivity (Wildman–Crippen MR) is 125 cm³/mol. The number of aryl methyl sites for hydroxylation is 2. The van der Waals surface area contributed by atoms with Crippen molar-refractivity contribution < 1.29 is 13.2 Å². The molecule has 2 atom stereocenters. The van der Waals surface area contributed by atoms with Crippen LogP contribution in [0.5, 0.6) is 0 Å². The number of thioether (sulfide) groups is 1. The van der Waals surface area contributed by atoms with E-state index in [1.54, 1.807) is 11.9 Å². The van der Waals surface area contributed by atoms with Crippen LogP contribution in [0.25, 0.3) is 11.0 Å². The van der Waals surface area contributed by atoms with E-state index < -0.39 is 9.84 Å². The van der Waals surface area contributed by atoms with E-state index in [0.29, 0.717) is 6.42 Å². The first-order valence-electron chi connectivity index (χ1n) is 10.5. The van der Waals surface area contributed by atoms with Gasteiger partial charge in [-0.15, -0.1) is 0 Å². The summed E-state index contributed by atoms with van der Waals surface area (Å²) in [6, 6.07) is 18.1. The Morgan fingerprint density at radius 2 is 1.90 bits per heavy atom. The Bertz CT molecular complexity index is 1180. The molecule has 1 aliphatic heterocycles. The quantitative estimate of drug-likeness (QED) is 0.509. The molecule has 3 aromatic rings. The fraction of sp³-hybridized carbons (Fsp3) is 0.391. The number of rotatable bonds is 7. The lowest BCUT2D eigenvalue weighted by Gasteiger charge is -2.26. The number of carbonyl (C=O) groups excluding carboxylic acids is 1. The van der Waals surface area contributed by atoms with Gasteiger partial charge in [-0.2, -0.15) is 0 Å². The zero-order valence-electron chi connectivity index (χ0n) is 17.8. The van der Waals surface area contributed by atoms with Crippen molar-refractivity contribution in [2.75, 3.05) is 18.6 Å². The average molecular weight is 458 g/mol. The number of para-hydroxylation sites is 2. The monoisotopic (exact) mass is 457 g/mol. The van der Waals surface area contributed by atoms with Gasteiger partial charge in [0.1, 0.15) is 0 Å². The first-order valence-corrected chi connectivity index (χ1v) is 13.2. The standard InChI is InChI=1S/C23H27N3O3S2/c1-17(22(27)25(2)19-13-15-31(28,29)16-19)30-23-24-20-10-6-7-11-21(20)26(23)14-12-18-8-4-3-5-9-18/h3-11,17,19H,12-16H2,1-2H3. The van der Waals surface area contributed by atoms with Crippen LogP contribution >= 0.6 is 11.8 Å². The summed E-state index contributed by atoms with van der Waals surface area (Å²) in [5.74, 6) is 0.155. The Kier molecular flexibility index (Phi) is 6.39. The molecule has 6 nitrogen and oxygen atoms in total. The van der Waals surface area contributed by atoms with Crippen molar-refractivity contribution >= 4 is 38.5 Å². The third kappa shape index (κ3) is 4.96. The molecule has 2 heterocycles. The number of aromatic nitrogens is 2. The fourth-order valence-corrected chi connectivity index (χ4v) is 6.83. The van der Waals surface area contributed by atoms with Crippen LogP contribution in [-0.2, 0) is 27.6 Å². The Labute approximate surface area is 187 Å². The molecule has 1 aliphatic rings. The summed E-state index contributed by atoms with van der Waals surface area (Å²) >= 11 is 1.44. The summed E-state index contributed by atoms with van der Waals surface area (Å²) in [7, 11) is -1.32. The van der Waals surface area contributed by atoms with E-state index >= 15 is 0 Å². The average Bonchev–Trinajstić information content (AvgIpc) is 3.31. The second-order valence-corrected chi connectivity index (χ2v) is 11.6. The third-order valence-electron chi connectivity index (χ3n) is 5.82. The second-order valence-electron chi connectivity index (χ2n) is 8.04. The number of fused-ring (bicyclic) bond motifs is 1. The van der Waals surface area contributed by atoms with E-state index in [4.69, 9.17) is 4.98 Å². The zero-order chi connectivity index (χ0) is 22.0. The van der Waals surface area contributed by atoms with E-state index in [9.17, 15) is 13.2 Å². The fourth-order valence-electron chi connectivity index (χ4n) is 4.00. The van der Waals surface area contributed by atoms with Gasteiger partial charge in [0.15, 0.2) is 15.0 Å². The molecule has 2 aromatic carbocycles. The Hall–Kier alpha value is -2.32. The van der Waals surface area contributed by atoms with Crippen LogP contribution in [-0.4, -0.2) is 58.6 Å². The minimum absolute atomic E-state index is 0.0578. The molecule has 1 amide bonds. The highest BCUT2D eigenvalue weighted by Gasteiger charge is 2.34. The minimum atomic E-state index is -3.03. The zero-order valence-corrected chi connectivity index (χ0v) is 19.4. The normalized spacial score (nSPS) is 18.8. The molecule has 1 fully saturated rings. The van der Waals surface area contributed by atoms with E-state index in [-0.39, 0.29) is 28.7 Å². The molecular formula is C23H27N3O3S2. The van der Waals surface area contributed by atoms with Crippen molar-refractivity contribution in [1.29, 1.82) is 0 Å². The van der Waals surface area contributed by atoms with Crippen LogP contribution in [0.4, 0.5) is 0 Å². The summed E-state index contributed by atoms with van der Waals surface area (Å²) in [6.45, 7) is 2.64. The number of hydrogen-bond donors (Lipinski definition) is 0. The molecule has 1 saturated heterocycles. The first-order chi connectivity index (χ1) is 14.8. The number of benzene rings is 2. The summed E-state index contributed by atoms with van der Waals surface area (Å²) < 4.78 is 25.8. The lowest BCUT2D eigenvalue weighted by atomic mass is 10.1.